The fourth-order valence-corrected chi connectivity index (χ4v) is 1.40. The van der Waals surface area contributed by atoms with Crippen molar-refractivity contribution in [1.29, 1.82) is 0 Å². The molecule has 0 atom stereocenters. The Labute approximate surface area is 79.3 Å². The second-order valence-corrected chi connectivity index (χ2v) is 3.25. The van der Waals surface area contributed by atoms with Gasteiger partial charge in [-0.05, 0) is 6.92 Å². The molecule has 1 rings (SSSR count). The molecule has 0 aliphatic carbocycles. The summed E-state index contributed by atoms with van der Waals surface area (Å²) in [5.74, 6) is 0. The molecular formula is C9H19NO3. The highest BCUT2D eigenvalue weighted by Gasteiger charge is 2.31. The minimum Gasteiger partial charge on any atom is -0.381 e. The van der Waals surface area contributed by atoms with Gasteiger partial charge in [-0.1, -0.05) is 0 Å². The van der Waals surface area contributed by atoms with E-state index in [0.29, 0.717) is 19.9 Å². The summed E-state index contributed by atoms with van der Waals surface area (Å²) in [6.45, 7) is 4.99. The maximum Gasteiger partial charge on any atom is 0.147 e. The van der Waals surface area contributed by atoms with Crippen LogP contribution in [-0.4, -0.2) is 38.8 Å². The van der Waals surface area contributed by atoms with Crippen molar-refractivity contribution in [1.82, 2.24) is 0 Å². The SMILES string of the molecule is CCOCOC1(CN)CCOCC1. The van der Waals surface area contributed by atoms with Crippen LogP contribution in [0.4, 0.5) is 0 Å². The lowest BCUT2D eigenvalue weighted by Gasteiger charge is -2.35. The van der Waals surface area contributed by atoms with E-state index in [2.05, 4.69) is 0 Å². The summed E-state index contributed by atoms with van der Waals surface area (Å²) >= 11 is 0. The second kappa shape index (κ2) is 5.54. The largest absolute Gasteiger partial charge is 0.381 e. The molecule has 4 nitrogen and oxygen atoms in total. The zero-order valence-corrected chi connectivity index (χ0v) is 8.25. The zero-order chi connectivity index (χ0) is 9.57. The van der Waals surface area contributed by atoms with Gasteiger partial charge in [0.1, 0.15) is 6.79 Å². The van der Waals surface area contributed by atoms with Crippen LogP contribution in [0.5, 0.6) is 0 Å². The minimum atomic E-state index is -0.201. The highest BCUT2D eigenvalue weighted by Crippen LogP contribution is 2.23. The summed E-state index contributed by atoms with van der Waals surface area (Å²) in [6.07, 6.45) is 1.74. The lowest BCUT2D eigenvalue weighted by molar-refractivity contribution is -0.167. The number of hydrogen-bond donors (Lipinski definition) is 1. The maximum atomic E-state index is 5.68. The standard InChI is InChI=1S/C9H19NO3/c1-2-11-8-13-9(7-10)3-5-12-6-4-9/h2-8,10H2,1H3. The van der Waals surface area contributed by atoms with Crippen molar-refractivity contribution >= 4 is 0 Å². The Balaban J connectivity index is 2.29. The van der Waals surface area contributed by atoms with Crippen LogP contribution in [0.2, 0.25) is 0 Å². The molecule has 1 saturated heterocycles. The van der Waals surface area contributed by atoms with Crippen LogP contribution in [0.1, 0.15) is 19.8 Å². The summed E-state index contributed by atoms with van der Waals surface area (Å²) in [5, 5.41) is 0. The highest BCUT2D eigenvalue weighted by molar-refractivity contribution is 4.83. The summed E-state index contributed by atoms with van der Waals surface area (Å²) in [7, 11) is 0. The van der Waals surface area contributed by atoms with Crippen LogP contribution in [0, 0.1) is 0 Å². The Morgan fingerprint density at radius 3 is 2.62 bits per heavy atom. The Morgan fingerprint density at radius 1 is 1.38 bits per heavy atom. The quantitative estimate of drug-likeness (QED) is 0.505. The molecule has 0 aromatic rings. The monoisotopic (exact) mass is 189 g/mol. The molecule has 0 radical (unpaired) electrons. The van der Waals surface area contributed by atoms with Crippen molar-refractivity contribution in [3.63, 3.8) is 0 Å². The van der Waals surface area contributed by atoms with Gasteiger partial charge in [0.2, 0.25) is 0 Å². The first-order valence-electron chi connectivity index (χ1n) is 4.82. The molecule has 0 saturated carbocycles. The normalized spacial score (nSPS) is 21.7. The molecule has 1 fully saturated rings. The van der Waals surface area contributed by atoms with E-state index < -0.39 is 0 Å². The van der Waals surface area contributed by atoms with Crippen molar-refractivity contribution in [3.05, 3.63) is 0 Å². The molecule has 2 N–H and O–H groups in total. The third-order valence-electron chi connectivity index (χ3n) is 2.43. The van der Waals surface area contributed by atoms with Gasteiger partial charge in [-0.15, -0.1) is 0 Å². The first-order valence-corrected chi connectivity index (χ1v) is 4.82. The average Bonchev–Trinajstić information content (AvgIpc) is 2.20. The fraction of sp³-hybridized carbons (Fsp3) is 1.00. The summed E-state index contributed by atoms with van der Waals surface area (Å²) < 4.78 is 16.0. The molecular weight excluding hydrogens is 170 g/mol. The third kappa shape index (κ3) is 3.23. The Kier molecular flexibility index (Phi) is 4.66. The molecule has 1 aliphatic rings. The van der Waals surface area contributed by atoms with Gasteiger partial charge in [0.05, 0.1) is 5.60 Å². The zero-order valence-electron chi connectivity index (χ0n) is 8.25. The van der Waals surface area contributed by atoms with E-state index in [4.69, 9.17) is 19.9 Å². The Morgan fingerprint density at radius 2 is 2.08 bits per heavy atom. The van der Waals surface area contributed by atoms with E-state index in [9.17, 15) is 0 Å². The summed E-state index contributed by atoms with van der Waals surface area (Å²) in [6, 6.07) is 0. The average molecular weight is 189 g/mol. The van der Waals surface area contributed by atoms with Gasteiger partial charge in [-0.25, -0.2) is 0 Å². The van der Waals surface area contributed by atoms with Gasteiger partial charge in [-0.3, -0.25) is 0 Å². The van der Waals surface area contributed by atoms with Crippen LogP contribution in [0.15, 0.2) is 0 Å². The van der Waals surface area contributed by atoms with Crippen molar-refractivity contribution in [3.8, 4) is 0 Å². The maximum absolute atomic E-state index is 5.68. The van der Waals surface area contributed by atoms with Crippen molar-refractivity contribution in [2.75, 3.05) is 33.2 Å². The smallest absolute Gasteiger partial charge is 0.147 e. The number of ether oxygens (including phenoxy) is 3. The van der Waals surface area contributed by atoms with Crippen molar-refractivity contribution in [2.24, 2.45) is 5.73 Å². The van der Waals surface area contributed by atoms with E-state index in [1.807, 2.05) is 6.92 Å². The Hall–Kier alpha value is -0.160. The van der Waals surface area contributed by atoms with Gasteiger partial charge in [0, 0.05) is 39.2 Å². The van der Waals surface area contributed by atoms with E-state index in [0.717, 1.165) is 26.1 Å². The molecule has 0 amide bonds. The molecule has 0 aromatic carbocycles. The summed E-state index contributed by atoms with van der Waals surface area (Å²) in [4.78, 5) is 0. The fourth-order valence-electron chi connectivity index (χ4n) is 1.40. The van der Waals surface area contributed by atoms with Gasteiger partial charge in [-0.2, -0.15) is 0 Å². The second-order valence-electron chi connectivity index (χ2n) is 3.25. The first kappa shape index (κ1) is 10.9. The van der Waals surface area contributed by atoms with E-state index in [1.54, 1.807) is 0 Å². The molecule has 0 aromatic heterocycles. The molecule has 1 aliphatic heterocycles. The molecule has 0 spiro atoms. The molecule has 78 valence electrons. The molecule has 13 heavy (non-hydrogen) atoms. The molecule has 4 heteroatoms. The third-order valence-corrected chi connectivity index (χ3v) is 2.43. The Bertz CT molecular complexity index is 135. The van der Waals surface area contributed by atoms with E-state index in [-0.39, 0.29) is 5.60 Å². The minimum absolute atomic E-state index is 0.201. The predicted molar refractivity (Wildman–Crippen MR) is 49.4 cm³/mol. The molecule has 0 bridgehead atoms. The lowest BCUT2D eigenvalue weighted by atomic mass is 9.94. The molecule has 1 heterocycles. The van der Waals surface area contributed by atoms with Crippen LogP contribution in [0.3, 0.4) is 0 Å². The predicted octanol–water partition coefficient (Wildman–Crippen LogP) is 0.505. The van der Waals surface area contributed by atoms with Crippen LogP contribution in [0.25, 0.3) is 0 Å². The van der Waals surface area contributed by atoms with Gasteiger partial charge >= 0.3 is 0 Å². The van der Waals surface area contributed by atoms with E-state index >= 15 is 0 Å². The van der Waals surface area contributed by atoms with E-state index in [1.165, 1.54) is 0 Å². The van der Waals surface area contributed by atoms with Crippen LogP contribution < -0.4 is 5.73 Å². The summed E-state index contributed by atoms with van der Waals surface area (Å²) in [5.41, 5.74) is 5.48. The lowest BCUT2D eigenvalue weighted by Crippen LogP contribution is -2.46. The van der Waals surface area contributed by atoms with Gasteiger partial charge in [0.15, 0.2) is 0 Å². The molecule has 0 unspecified atom stereocenters. The highest BCUT2D eigenvalue weighted by atomic mass is 16.7. The van der Waals surface area contributed by atoms with Crippen molar-refractivity contribution in [2.45, 2.75) is 25.4 Å². The first-order chi connectivity index (χ1) is 6.33. The van der Waals surface area contributed by atoms with Gasteiger partial charge < -0.3 is 19.9 Å². The van der Waals surface area contributed by atoms with Crippen LogP contribution >= 0.6 is 0 Å². The van der Waals surface area contributed by atoms with Gasteiger partial charge in [0.25, 0.3) is 0 Å². The van der Waals surface area contributed by atoms with Crippen LogP contribution in [-0.2, 0) is 14.2 Å². The number of hydrogen-bond acceptors (Lipinski definition) is 4. The number of rotatable bonds is 5. The van der Waals surface area contributed by atoms with Crippen molar-refractivity contribution < 1.29 is 14.2 Å². The topological polar surface area (TPSA) is 53.7 Å². The number of nitrogens with two attached hydrogens (primary N) is 1.